The van der Waals surface area contributed by atoms with Gasteiger partial charge in [-0.3, -0.25) is 0 Å². The summed E-state index contributed by atoms with van der Waals surface area (Å²) in [7, 11) is 0. The largest absolute Gasteiger partial charge is 0.311 e. The molecule has 1 aromatic heterocycles. The Labute approximate surface area is 97.4 Å². The standard InChI is InChI=1S/C12H20N4/c1-5-6-7-8-13-9-11-10-16(15-14-11)12(2,3)4/h1,10,13H,6-9H2,2-4H3. The Balaban J connectivity index is 2.33. The van der Waals surface area contributed by atoms with Crippen molar-refractivity contribution < 1.29 is 0 Å². The van der Waals surface area contributed by atoms with Crippen molar-refractivity contribution in [2.45, 2.75) is 45.7 Å². The van der Waals surface area contributed by atoms with E-state index in [1.807, 2.05) is 10.9 Å². The van der Waals surface area contributed by atoms with E-state index < -0.39 is 0 Å². The van der Waals surface area contributed by atoms with E-state index in [1.54, 1.807) is 0 Å². The van der Waals surface area contributed by atoms with E-state index in [0.29, 0.717) is 0 Å². The third-order valence-electron chi connectivity index (χ3n) is 2.21. The van der Waals surface area contributed by atoms with Crippen LogP contribution in [0.1, 0.15) is 39.3 Å². The highest BCUT2D eigenvalue weighted by atomic mass is 15.4. The van der Waals surface area contributed by atoms with Gasteiger partial charge < -0.3 is 5.32 Å². The zero-order valence-corrected chi connectivity index (χ0v) is 10.3. The number of unbranched alkanes of at least 4 members (excludes halogenated alkanes) is 1. The van der Waals surface area contributed by atoms with E-state index in [4.69, 9.17) is 6.42 Å². The van der Waals surface area contributed by atoms with Gasteiger partial charge in [0.1, 0.15) is 0 Å². The summed E-state index contributed by atoms with van der Waals surface area (Å²) < 4.78 is 1.88. The molecule has 1 heterocycles. The Morgan fingerprint density at radius 2 is 2.25 bits per heavy atom. The SMILES string of the molecule is C#CCCCNCc1cn(C(C)(C)C)nn1. The van der Waals surface area contributed by atoms with Gasteiger partial charge in [0, 0.05) is 13.0 Å². The minimum Gasteiger partial charge on any atom is -0.311 e. The molecule has 16 heavy (non-hydrogen) atoms. The molecule has 0 saturated heterocycles. The molecular formula is C12H20N4. The van der Waals surface area contributed by atoms with Crippen LogP contribution in [0.25, 0.3) is 0 Å². The molecule has 4 nitrogen and oxygen atoms in total. The molecule has 0 radical (unpaired) electrons. The Kier molecular flexibility index (Phi) is 4.51. The van der Waals surface area contributed by atoms with E-state index in [0.717, 1.165) is 31.6 Å². The number of terminal acetylenes is 1. The molecular weight excluding hydrogens is 200 g/mol. The smallest absolute Gasteiger partial charge is 0.0965 e. The van der Waals surface area contributed by atoms with Gasteiger partial charge in [0.2, 0.25) is 0 Å². The van der Waals surface area contributed by atoms with Crippen LogP contribution in [0, 0.1) is 12.3 Å². The van der Waals surface area contributed by atoms with E-state index in [9.17, 15) is 0 Å². The van der Waals surface area contributed by atoms with Crippen molar-refractivity contribution in [3.63, 3.8) is 0 Å². The second-order valence-electron chi connectivity index (χ2n) is 4.81. The Bertz CT molecular complexity index is 354. The highest BCUT2D eigenvalue weighted by Gasteiger charge is 2.14. The Morgan fingerprint density at radius 3 is 2.81 bits per heavy atom. The quantitative estimate of drug-likeness (QED) is 0.604. The third-order valence-corrected chi connectivity index (χ3v) is 2.21. The summed E-state index contributed by atoms with van der Waals surface area (Å²) >= 11 is 0. The monoisotopic (exact) mass is 220 g/mol. The van der Waals surface area contributed by atoms with Crippen molar-refractivity contribution in [1.82, 2.24) is 20.3 Å². The Morgan fingerprint density at radius 1 is 1.50 bits per heavy atom. The maximum Gasteiger partial charge on any atom is 0.0965 e. The molecule has 4 heteroatoms. The summed E-state index contributed by atoms with van der Waals surface area (Å²) in [5.74, 6) is 2.62. The Hall–Kier alpha value is -1.34. The van der Waals surface area contributed by atoms with Gasteiger partial charge in [-0.15, -0.1) is 17.4 Å². The first-order chi connectivity index (χ1) is 7.54. The van der Waals surface area contributed by atoms with E-state index in [1.165, 1.54) is 0 Å². The molecule has 0 atom stereocenters. The van der Waals surface area contributed by atoms with Crippen molar-refractivity contribution >= 4 is 0 Å². The molecule has 0 aliphatic heterocycles. The van der Waals surface area contributed by atoms with Crippen LogP contribution in [0.15, 0.2) is 6.20 Å². The molecule has 0 aliphatic carbocycles. The van der Waals surface area contributed by atoms with Crippen LogP contribution in [0.2, 0.25) is 0 Å². The second kappa shape index (κ2) is 5.66. The van der Waals surface area contributed by atoms with Crippen LogP contribution < -0.4 is 5.32 Å². The van der Waals surface area contributed by atoms with Crippen LogP contribution in [-0.4, -0.2) is 21.5 Å². The molecule has 0 fully saturated rings. The lowest BCUT2D eigenvalue weighted by atomic mass is 10.1. The average Bonchev–Trinajstić information content (AvgIpc) is 2.65. The summed E-state index contributed by atoms with van der Waals surface area (Å²) in [6.45, 7) is 7.98. The first kappa shape index (κ1) is 12.7. The number of nitrogens with zero attached hydrogens (tertiary/aromatic N) is 3. The maximum absolute atomic E-state index is 5.17. The number of nitrogens with one attached hydrogen (secondary N) is 1. The van der Waals surface area contributed by atoms with Crippen molar-refractivity contribution in [1.29, 1.82) is 0 Å². The predicted molar refractivity (Wildman–Crippen MR) is 64.8 cm³/mol. The number of rotatable bonds is 5. The van der Waals surface area contributed by atoms with Crippen molar-refractivity contribution in [2.24, 2.45) is 0 Å². The number of hydrogen-bond acceptors (Lipinski definition) is 3. The summed E-state index contributed by atoms with van der Waals surface area (Å²) in [5.41, 5.74) is 0.963. The van der Waals surface area contributed by atoms with Crippen LogP contribution in [0.3, 0.4) is 0 Å². The zero-order chi connectivity index (χ0) is 12.0. The van der Waals surface area contributed by atoms with Crippen molar-refractivity contribution in [2.75, 3.05) is 6.54 Å². The van der Waals surface area contributed by atoms with Crippen LogP contribution in [-0.2, 0) is 12.1 Å². The number of hydrogen-bond donors (Lipinski definition) is 1. The van der Waals surface area contributed by atoms with E-state index >= 15 is 0 Å². The molecule has 88 valence electrons. The molecule has 0 saturated carbocycles. The molecule has 0 aliphatic rings. The van der Waals surface area contributed by atoms with Gasteiger partial charge in [-0.1, -0.05) is 5.21 Å². The average molecular weight is 220 g/mol. The van der Waals surface area contributed by atoms with Gasteiger partial charge in [0.25, 0.3) is 0 Å². The fourth-order valence-electron chi connectivity index (χ4n) is 1.24. The molecule has 0 spiro atoms. The summed E-state index contributed by atoms with van der Waals surface area (Å²) in [4.78, 5) is 0. The highest BCUT2D eigenvalue weighted by molar-refractivity contribution is 4.94. The van der Waals surface area contributed by atoms with Crippen molar-refractivity contribution in [3.05, 3.63) is 11.9 Å². The highest BCUT2D eigenvalue weighted by Crippen LogP contribution is 2.11. The first-order valence-corrected chi connectivity index (χ1v) is 5.60. The lowest BCUT2D eigenvalue weighted by Crippen LogP contribution is -2.22. The van der Waals surface area contributed by atoms with Crippen molar-refractivity contribution in [3.8, 4) is 12.3 Å². The van der Waals surface area contributed by atoms with Crippen LogP contribution >= 0.6 is 0 Å². The molecule has 0 unspecified atom stereocenters. The van der Waals surface area contributed by atoms with Gasteiger partial charge in [-0.25, -0.2) is 4.68 Å². The first-order valence-electron chi connectivity index (χ1n) is 5.60. The second-order valence-corrected chi connectivity index (χ2v) is 4.81. The maximum atomic E-state index is 5.17. The lowest BCUT2D eigenvalue weighted by molar-refractivity contribution is 0.347. The fourth-order valence-corrected chi connectivity index (χ4v) is 1.24. The minimum absolute atomic E-state index is 0.00524. The third kappa shape index (κ3) is 4.03. The molecule has 0 bridgehead atoms. The van der Waals surface area contributed by atoms with Crippen LogP contribution in [0.5, 0.6) is 0 Å². The van der Waals surface area contributed by atoms with E-state index in [2.05, 4.69) is 42.3 Å². The molecule has 1 aromatic rings. The molecule has 0 amide bonds. The van der Waals surface area contributed by atoms with Gasteiger partial charge in [0.05, 0.1) is 17.4 Å². The minimum atomic E-state index is -0.00524. The van der Waals surface area contributed by atoms with Gasteiger partial charge in [-0.2, -0.15) is 0 Å². The summed E-state index contributed by atoms with van der Waals surface area (Å²) in [6.07, 6.45) is 8.97. The lowest BCUT2D eigenvalue weighted by Gasteiger charge is -2.17. The topological polar surface area (TPSA) is 42.7 Å². The van der Waals surface area contributed by atoms with Gasteiger partial charge >= 0.3 is 0 Å². The van der Waals surface area contributed by atoms with Gasteiger partial charge in [-0.05, 0) is 33.7 Å². The van der Waals surface area contributed by atoms with Gasteiger partial charge in [0.15, 0.2) is 0 Å². The molecule has 1 N–H and O–H groups in total. The fraction of sp³-hybridized carbons (Fsp3) is 0.667. The normalized spacial score (nSPS) is 11.4. The zero-order valence-electron chi connectivity index (χ0n) is 10.3. The number of aromatic nitrogens is 3. The van der Waals surface area contributed by atoms with E-state index in [-0.39, 0.29) is 5.54 Å². The summed E-state index contributed by atoms with van der Waals surface area (Å²) in [6, 6.07) is 0. The molecule has 1 rings (SSSR count). The summed E-state index contributed by atoms with van der Waals surface area (Å²) in [5, 5.41) is 11.5. The molecule has 0 aromatic carbocycles. The van der Waals surface area contributed by atoms with Crippen LogP contribution in [0.4, 0.5) is 0 Å². The predicted octanol–water partition coefficient (Wildman–Crippen LogP) is 1.54.